The Bertz CT molecular complexity index is 1630. The molecule has 8 nitrogen and oxygen atoms in total. The standard InChI is InChI=1S/C24H23F3N6O2S/c1-6-36(34,35)22-19(21-30-16-11-18(24(25,26)27)29-12-17(16)32(21)4)31-20(33(22)5)14-7-9-15(10-8-14)23(2,3)13-28/h7-12H,6H2,1-5H3. The van der Waals surface area contributed by atoms with Gasteiger partial charge in [0.15, 0.2) is 20.7 Å². The molecule has 4 rings (SSSR count). The third-order valence-corrected chi connectivity index (χ3v) is 7.95. The van der Waals surface area contributed by atoms with Gasteiger partial charge in [0, 0.05) is 19.7 Å². The zero-order valence-electron chi connectivity index (χ0n) is 20.2. The van der Waals surface area contributed by atoms with Gasteiger partial charge in [-0.15, -0.1) is 0 Å². The monoisotopic (exact) mass is 516 g/mol. The lowest BCUT2D eigenvalue weighted by Crippen LogP contribution is -2.13. The Morgan fingerprint density at radius 3 is 2.22 bits per heavy atom. The minimum absolute atomic E-state index is 0.0185. The zero-order chi connectivity index (χ0) is 26.6. The molecule has 0 aliphatic rings. The number of halogens is 3. The van der Waals surface area contributed by atoms with E-state index < -0.39 is 27.1 Å². The highest BCUT2D eigenvalue weighted by atomic mass is 32.2. The highest BCUT2D eigenvalue weighted by Crippen LogP contribution is 2.35. The van der Waals surface area contributed by atoms with Crippen LogP contribution in [0.25, 0.3) is 33.9 Å². The van der Waals surface area contributed by atoms with Gasteiger partial charge < -0.3 is 9.13 Å². The number of aryl methyl sites for hydroxylation is 1. The molecule has 0 fully saturated rings. The van der Waals surface area contributed by atoms with E-state index in [-0.39, 0.29) is 27.8 Å². The maximum Gasteiger partial charge on any atom is 0.433 e. The molecular weight excluding hydrogens is 493 g/mol. The first-order valence-electron chi connectivity index (χ1n) is 10.9. The van der Waals surface area contributed by atoms with Gasteiger partial charge in [0.05, 0.1) is 34.5 Å². The van der Waals surface area contributed by atoms with Gasteiger partial charge >= 0.3 is 6.18 Å². The molecule has 0 atom stereocenters. The lowest BCUT2D eigenvalue weighted by Gasteiger charge is -2.16. The topological polar surface area (TPSA) is 106 Å². The Morgan fingerprint density at radius 2 is 1.67 bits per heavy atom. The van der Waals surface area contributed by atoms with Gasteiger partial charge in [-0.2, -0.15) is 18.4 Å². The van der Waals surface area contributed by atoms with E-state index in [0.717, 1.165) is 17.8 Å². The number of sulfone groups is 1. The van der Waals surface area contributed by atoms with E-state index >= 15 is 0 Å². The Labute approximate surface area is 206 Å². The summed E-state index contributed by atoms with van der Waals surface area (Å²) in [6.07, 6.45) is -3.59. The number of pyridine rings is 1. The Kier molecular flexibility index (Phi) is 5.95. The van der Waals surface area contributed by atoms with Crippen molar-refractivity contribution in [2.75, 3.05) is 5.75 Å². The van der Waals surface area contributed by atoms with Crippen molar-refractivity contribution in [3.05, 3.63) is 47.8 Å². The minimum atomic E-state index is -4.65. The second-order valence-electron chi connectivity index (χ2n) is 8.92. The van der Waals surface area contributed by atoms with Crippen LogP contribution in [-0.2, 0) is 35.5 Å². The van der Waals surface area contributed by atoms with Crippen molar-refractivity contribution < 1.29 is 21.6 Å². The van der Waals surface area contributed by atoms with E-state index in [4.69, 9.17) is 0 Å². The fourth-order valence-corrected chi connectivity index (χ4v) is 5.14. The molecule has 188 valence electrons. The summed E-state index contributed by atoms with van der Waals surface area (Å²) in [5, 5.41) is 9.31. The molecule has 0 radical (unpaired) electrons. The molecule has 0 amide bonds. The van der Waals surface area contributed by atoms with Crippen LogP contribution in [0.15, 0.2) is 41.6 Å². The number of hydrogen-bond donors (Lipinski definition) is 0. The van der Waals surface area contributed by atoms with Crippen molar-refractivity contribution in [2.24, 2.45) is 14.1 Å². The summed E-state index contributed by atoms with van der Waals surface area (Å²) in [5.74, 6) is 0.222. The predicted octanol–water partition coefficient (Wildman–Crippen LogP) is 4.65. The first-order chi connectivity index (χ1) is 16.7. The van der Waals surface area contributed by atoms with Crippen LogP contribution in [0.5, 0.6) is 0 Å². The molecule has 0 spiro atoms. The molecule has 36 heavy (non-hydrogen) atoms. The summed E-state index contributed by atoms with van der Waals surface area (Å²) < 4.78 is 68.6. The van der Waals surface area contributed by atoms with Gasteiger partial charge in [0.1, 0.15) is 17.2 Å². The van der Waals surface area contributed by atoms with E-state index in [1.807, 2.05) is 0 Å². The first-order valence-corrected chi connectivity index (χ1v) is 12.6. The Morgan fingerprint density at radius 1 is 1.03 bits per heavy atom. The van der Waals surface area contributed by atoms with Gasteiger partial charge in [-0.1, -0.05) is 31.2 Å². The Balaban J connectivity index is 1.95. The zero-order valence-corrected chi connectivity index (χ0v) is 21.0. The third kappa shape index (κ3) is 4.13. The lowest BCUT2D eigenvalue weighted by molar-refractivity contribution is -0.141. The van der Waals surface area contributed by atoms with E-state index in [1.54, 1.807) is 52.2 Å². The summed E-state index contributed by atoms with van der Waals surface area (Å²) in [6, 6.07) is 10.1. The third-order valence-electron chi connectivity index (χ3n) is 6.13. The average molecular weight is 517 g/mol. The molecule has 1 aromatic carbocycles. The second-order valence-corrected chi connectivity index (χ2v) is 11.1. The molecular formula is C24H23F3N6O2S. The summed E-state index contributed by atoms with van der Waals surface area (Å²) in [4.78, 5) is 12.4. The van der Waals surface area contributed by atoms with Gasteiger partial charge in [0.25, 0.3) is 0 Å². The number of aromatic nitrogens is 5. The number of hydrogen-bond acceptors (Lipinski definition) is 6. The number of imidazole rings is 2. The maximum absolute atomic E-state index is 13.2. The van der Waals surface area contributed by atoms with Crippen LogP contribution in [0.4, 0.5) is 13.2 Å². The van der Waals surface area contributed by atoms with Gasteiger partial charge in [-0.05, 0) is 25.5 Å². The molecule has 0 N–H and O–H groups in total. The smallest absolute Gasteiger partial charge is 0.324 e. The van der Waals surface area contributed by atoms with Crippen LogP contribution in [0, 0.1) is 11.3 Å². The largest absolute Gasteiger partial charge is 0.433 e. The van der Waals surface area contributed by atoms with Crippen LogP contribution in [0.2, 0.25) is 0 Å². The van der Waals surface area contributed by atoms with Gasteiger partial charge in [-0.3, -0.25) is 0 Å². The van der Waals surface area contributed by atoms with E-state index in [1.165, 1.54) is 16.1 Å². The number of fused-ring (bicyclic) bond motifs is 1. The van der Waals surface area contributed by atoms with Crippen LogP contribution in [-0.4, -0.2) is 38.3 Å². The predicted molar refractivity (Wildman–Crippen MR) is 128 cm³/mol. The Hall–Kier alpha value is -3.72. The van der Waals surface area contributed by atoms with Crippen molar-refractivity contribution in [1.29, 1.82) is 5.26 Å². The molecule has 0 unspecified atom stereocenters. The minimum Gasteiger partial charge on any atom is -0.324 e. The van der Waals surface area contributed by atoms with Crippen molar-refractivity contribution in [3.63, 3.8) is 0 Å². The fourth-order valence-electron chi connectivity index (χ4n) is 3.94. The van der Waals surface area contributed by atoms with Crippen LogP contribution >= 0.6 is 0 Å². The maximum atomic E-state index is 13.2. The number of nitriles is 1. The van der Waals surface area contributed by atoms with Crippen LogP contribution < -0.4 is 0 Å². The van der Waals surface area contributed by atoms with Gasteiger partial charge in [-0.25, -0.2) is 23.4 Å². The average Bonchev–Trinajstić information content (AvgIpc) is 3.35. The van der Waals surface area contributed by atoms with E-state index in [2.05, 4.69) is 21.0 Å². The van der Waals surface area contributed by atoms with E-state index in [9.17, 15) is 26.9 Å². The molecule has 0 aliphatic heterocycles. The number of nitrogens with zero attached hydrogens (tertiary/aromatic N) is 6. The normalized spacial score (nSPS) is 12.8. The number of benzene rings is 1. The summed E-state index contributed by atoms with van der Waals surface area (Å²) in [6.45, 7) is 5.08. The summed E-state index contributed by atoms with van der Waals surface area (Å²) >= 11 is 0. The van der Waals surface area contributed by atoms with Crippen molar-refractivity contribution in [3.8, 4) is 29.0 Å². The van der Waals surface area contributed by atoms with Crippen molar-refractivity contribution >= 4 is 20.9 Å². The molecule has 0 bridgehead atoms. The highest BCUT2D eigenvalue weighted by Gasteiger charge is 2.34. The molecule has 3 aromatic heterocycles. The fraction of sp³-hybridized carbons (Fsp3) is 0.333. The summed E-state index contributed by atoms with van der Waals surface area (Å²) in [7, 11) is -0.680. The lowest BCUT2D eigenvalue weighted by atomic mass is 9.86. The SMILES string of the molecule is CCS(=O)(=O)c1c(-c2nc3cc(C(F)(F)F)ncc3n2C)nc(-c2ccc(C(C)(C)C#N)cc2)n1C. The van der Waals surface area contributed by atoms with E-state index in [0.29, 0.717) is 16.9 Å². The summed E-state index contributed by atoms with van der Waals surface area (Å²) in [5.41, 5.74) is -0.0657. The number of alkyl halides is 3. The molecule has 4 aromatic rings. The van der Waals surface area contributed by atoms with Crippen molar-refractivity contribution in [1.82, 2.24) is 24.1 Å². The number of rotatable bonds is 5. The molecule has 3 heterocycles. The molecule has 0 saturated carbocycles. The first kappa shape index (κ1) is 25.4. The van der Waals surface area contributed by atoms with Crippen molar-refractivity contribution in [2.45, 2.75) is 37.4 Å². The molecule has 12 heteroatoms. The highest BCUT2D eigenvalue weighted by molar-refractivity contribution is 7.91. The quantitative estimate of drug-likeness (QED) is 0.382. The van der Waals surface area contributed by atoms with Crippen LogP contribution in [0.3, 0.4) is 0 Å². The molecule has 0 saturated heterocycles. The second kappa shape index (κ2) is 8.44. The van der Waals surface area contributed by atoms with Crippen LogP contribution in [0.1, 0.15) is 32.0 Å². The molecule has 0 aliphatic carbocycles. The van der Waals surface area contributed by atoms with Gasteiger partial charge in [0.2, 0.25) is 0 Å².